The molecule has 6 rings (SSSR count). The molecule has 4 heterocycles. The molecule has 4 aromatic rings. The highest BCUT2D eigenvalue weighted by molar-refractivity contribution is 6.31. The van der Waals surface area contributed by atoms with Gasteiger partial charge in [-0.05, 0) is 45.5 Å². The maximum atomic E-state index is 12.3. The summed E-state index contributed by atoms with van der Waals surface area (Å²) in [4.78, 5) is 75.8. The highest BCUT2D eigenvalue weighted by Gasteiger charge is 2.30. The summed E-state index contributed by atoms with van der Waals surface area (Å²) in [5, 5.41) is 9.72. The van der Waals surface area contributed by atoms with Crippen LogP contribution in [-0.2, 0) is 14.3 Å². The molecule has 0 radical (unpaired) electrons. The second kappa shape index (κ2) is 21.3. The van der Waals surface area contributed by atoms with Crippen molar-refractivity contribution in [1.29, 1.82) is 0 Å². The molecule has 2 fully saturated rings. The van der Waals surface area contributed by atoms with E-state index in [0.717, 1.165) is 43.7 Å². The molecule has 2 aromatic heterocycles. The van der Waals surface area contributed by atoms with Gasteiger partial charge in [0.2, 0.25) is 11.9 Å². The van der Waals surface area contributed by atoms with Crippen LogP contribution in [0.3, 0.4) is 0 Å². The van der Waals surface area contributed by atoms with Crippen molar-refractivity contribution in [2.75, 3.05) is 102 Å². The van der Waals surface area contributed by atoms with Crippen molar-refractivity contribution in [3.8, 4) is 5.75 Å². The number of rotatable bonds is 15. The van der Waals surface area contributed by atoms with E-state index in [1.165, 1.54) is 6.33 Å². The first-order valence-electron chi connectivity index (χ1n) is 18.9. The summed E-state index contributed by atoms with van der Waals surface area (Å²) in [7, 11) is 5.53. The largest absolute Gasteiger partial charge is 0.495 e. The zero-order chi connectivity index (χ0) is 41.6. The fourth-order valence-corrected chi connectivity index (χ4v) is 6.34. The van der Waals surface area contributed by atoms with Crippen molar-refractivity contribution < 1.29 is 19.1 Å². The van der Waals surface area contributed by atoms with Crippen molar-refractivity contribution >= 4 is 58.0 Å². The molecule has 2 aromatic carbocycles. The van der Waals surface area contributed by atoms with Crippen LogP contribution >= 0.6 is 11.6 Å². The van der Waals surface area contributed by atoms with E-state index in [4.69, 9.17) is 26.8 Å². The quantitative estimate of drug-likeness (QED) is 0.0659. The van der Waals surface area contributed by atoms with Gasteiger partial charge in [-0.2, -0.15) is 4.98 Å². The zero-order valence-electron chi connectivity index (χ0n) is 33.4. The Morgan fingerprint density at radius 1 is 1.11 bits per heavy atom. The third-order valence-electron chi connectivity index (χ3n) is 9.41. The number of nitrogens with two attached hydrogens (primary N) is 1. The number of hydrogen-bond acceptors (Lipinski definition) is 15. The normalized spacial score (nSPS) is 16.9. The third kappa shape index (κ3) is 11.6. The summed E-state index contributed by atoms with van der Waals surface area (Å²) in [6.07, 6.45) is 6.51. The van der Waals surface area contributed by atoms with Gasteiger partial charge in [0, 0.05) is 69.5 Å². The first-order valence-corrected chi connectivity index (χ1v) is 19.3. The lowest BCUT2D eigenvalue weighted by Crippen LogP contribution is -2.46. The van der Waals surface area contributed by atoms with Crippen molar-refractivity contribution in [1.82, 2.24) is 34.2 Å². The minimum atomic E-state index is -0.555. The average Bonchev–Trinajstić information content (AvgIpc) is 3.86. The van der Waals surface area contributed by atoms with Gasteiger partial charge in [-0.3, -0.25) is 28.7 Å². The lowest BCUT2D eigenvalue weighted by atomic mass is 10.1. The van der Waals surface area contributed by atoms with Crippen molar-refractivity contribution in [3.63, 3.8) is 0 Å². The maximum absolute atomic E-state index is 12.3. The molecule has 6 N–H and O–H groups in total. The highest BCUT2D eigenvalue weighted by atomic mass is 35.5. The number of ether oxygens (including phenoxy) is 2. The second-order valence-corrected chi connectivity index (χ2v) is 13.8. The third-order valence-corrected chi connectivity index (χ3v) is 9.81. The number of amides is 1. The van der Waals surface area contributed by atoms with Crippen LogP contribution in [0.15, 0.2) is 45.0 Å². The number of benzene rings is 1. The molecule has 18 nitrogen and oxygen atoms in total. The van der Waals surface area contributed by atoms with Gasteiger partial charge in [0.15, 0.2) is 11.2 Å². The Bertz CT molecular complexity index is 2120. The molecule has 2 saturated heterocycles. The number of aldehydes is 1. The van der Waals surface area contributed by atoms with E-state index in [1.54, 1.807) is 23.8 Å². The average molecular weight is 812 g/mol. The summed E-state index contributed by atoms with van der Waals surface area (Å²) >= 11 is 5.92. The van der Waals surface area contributed by atoms with Gasteiger partial charge in [0.25, 0.3) is 16.4 Å². The number of nitrogen functional groups attached to an aromatic ring is 1. The van der Waals surface area contributed by atoms with Gasteiger partial charge >= 0.3 is 0 Å². The molecule has 0 spiro atoms. The fraction of sp³-hybridized carbons (Fsp3) is 0.500. The predicted molar refractivity (Wildman–Crippen MR) is 223 cm³/mol. The Morgan fingerprint density at radius 3 is 2.49 bits per heavy atom. The predicted octanol–water partition coefficient (Wildman–Crippen LogP) is 2.06. The lowest BCUT2D eigenvalue weighted by molar-refractivity contribution is -0.127. The van der Waals surface area contributed by atoms with Crippen LogP contribution in [0.1, 0.15) is 38.5 Å². The number of fused-ring (bicyclic) bond motifs is 1. The van der Waals surface area contributed by atoms with Gasteiger partial charge in [-0.25, -0.2) is 4.98 Å². The second-order valence-electron chi connectivity index (χ2n) is 13.4. The summed E-state index contributed by atoms with van der Waals surface area (Å²) in [6.45, 7) is 11.4. The molecular weight excluding hydrogens is 758 g/mol. The van der Waals surface area contributed by atoms with E-state index in [0.29, 0.717) is 55.4 Å². The Kier molecular flexibility index (Phi) is 16.6. The van der Waals surface area contributed by atoms with E-state index in [-0.39, 0.29) is 47.6 Å². The summed E-state index contributed by atoms with van der Waals surface area (Å²) in [6, 6.07) is 3.58. The van der Waals surface area contributed by atoms with Crippen LogP contribution in [0.2, 0.25) is 5.02 Å². The Morgan fingerprint density at radius 2 is 1.81 bits per heavy atom. The number of nitrogens with zero attached hydrogens (tertiary/aromatic N) is 6. The number of aromatic amines is 1. The molecule has 0 bridgehead atoms. The first kappa shape index (κ1) is 44.4. The number of hydrogen-bond donors (Lipinski definition) is 5. The number of carbonyl (C=O) groups excluding carboxylic acids is 2. The fourth-order valence-electron chi connectivity index (χ4n) is 6.19. The van der Waals surface area contributed by atoms with Crippen LogP contribution < -0.4 is 42.8 Å². The molecule has 2 atom stereocenters. The number of nitrogens with one attached hydrogen (secondary N) is 4. The van der Waals surface area contributed by atoms with Gasteiger partial charge in [-0.15, -0.1) is 0 Å². The number of aromatic nitrogens is 4. The van der Waals surface area contributed by atoms with E-state index >= 15 is 0 Å². The molecular formula is C38H54ClN11O7. The molecule has 57 heavy (non-hydrogen) atoms. The van der Waals surface area contributed by atoms with Crippen LogP contribution in [-0.4, -0.2) is 133 Å². The molecule has 2 unspecified atom stereocenters. The van der Waals surface area contributed by atoms with E-state index in [2.05, 4.69) is 35.8 Å². The van der Waals surface area contributed by atoms with Crippen molar-refractivity contribution in [2.45, 2.75) is 45.9 Å². The molecule has 19 heteroatoms. The number of aryl methyl sites for hydroxylation is 1. The first-order chi connectivity index (χ1) is 27.4. The van der Waals surface area contributed by atoms with E-state index in [9.17, 15) is 24.0 Å². The number of halogens is 1. The zero-order valence-corrected chi connectivity index (χ0v) is 34.1. The van der Waals surface area contributed by atoms with Crippen molar-refractivity contribution in [2.24, 2.45) is 0 Å². The van der Waals surface area contributed by atoms with Crippen LogP contribution in [0, 0.1) is 6.92 Å². The van der Waals surface area contributed by atoms with Gasteiger partial charge < -0.3 is 50.7 Å². The maximum Gasteiger partial charge on any atom is 0.280 e. The Labute approximate surface area is 336 Å². The van der Waals surface area contributed by atoms with E-state index in [1.807, 2.05) is 56.8 Å². The number of piperazine rings is 1. The van der Waals surface area contributed by atoms with Gasteiger partial charge in [0.1, 0.15) is 29.6 Å². The molecule has 0 saturated carbocycles. The topological polar surface area (TPSA) is 222 Å². The van der Waals surface area contributed by atoms with Crippen LogP contribution in [0.4, 0.5) is 23.0 Å². The lowest BCUT2D eigenvalue weighted by Gasteiger charge is -2.31. The minimum Gasteiger partial charge on any atom is -0.495 e. The summed E-state index contributed by atoms with van der Waals surface area (Å²) < 4.78 is 12.9. The van der Waals surface area contributed by atoms with Gasteiger partial charge in [-0.1, -0.05) is 31.5 Å². The number of anilines is 4. The number of likely N-dealkylation sites (N-methyl/N-ethyl adjacent to an activating group) is 2. The molecule has 1 amide bonds. The molecule has 2 aliphatic rings. The molecule has 0 aliphatic carbocycles. The standard InChI is InChI=1S/C26H36N10O5.C10H12ClNO2.C2H6/c1-33(8-3-4-17(37)35-12-10-34(2)11-13-35)9-7-28-19-20(23(39)22(19)38)29-14-16-5-6-18(41-16)36-15-30-21-24(36)31-26(27)32-25(21)40;1-7-5-9(12-3-4-13)10(14-2)6-8(7)11;1-2/h3-4,15-16,18,28-29H,5-14H2,1-2H3,(H3,27,31,32,40);4-6,12H,3H2,1-2H3;1-2H3/b4-3+;;. The number of carbonyl (C=O) groups is 2. The SMILES string of the molecule is CC.CN(C/C=C/C(=O)N1CCN(C)CC1)CCNc1c(NCC2CCC(n3cnc4c(=O)[nH]c(N)nc43)O2)c(=O)c1=O.COc1cc(Cl)c(C)cc1NCC=O. The summed E-state index contributed by atoms with van der Waals surface area (Å²) in [5.74, 6) is 0.665. The Hall–Kier alpha value is -5.30. The molecule has 2 aliphatic heterocycles. The molecule has 310 valence electrons. The van der Waals surface area contributed by atoms with Gasteiger partial charge in [0.05, 0.1) is 31.8 Å². The number of methoxy groups -OCH3 is 1. The van der Waals surface area contributed by atoms with E-state index < -0.39 is 16.4 Å². The Balaban J connectivity index is 0.000000379. The smallest absolute Gasteiger partial charge is 0.280 e. The minimum absolute atomic E-state index is 0.000401. The monoisotopic (exact) mass is 811 g/mol. The number of H-pyrrole nitrogens is 1. The highest BCUT2D eigenvalue weighted by Crippen LogP contribution is 2.31. The number of imidazole rings is 1. The van der Waals surface area contributed by atoms with Crippen LogP contribution in [0.5, 0.6) is 5.75 Å². The van der Waals surface area contributed by atoms with Crippen molar-refractivity contribution in [3.05, 3.63) is 72.0 Å². The van der Waals surface area contributed by atoms with Crippen LogP contribution in [0.25, 0.3) is 11.2 Å². The summed E-state index contributed by atoms with van der Waals surface area (Å²) in [5.41, 5.74) is 6.96.